The van der Waals surface area contributed by atoms with E-state index in [0.717, 1.165) is 18.7 Å². The Kier molecular flexibility index (Phi) is 9.68. The highest BCUT2D eigenvalue weighted by atomic mass is 35.5. The summed E-state index contributed by atoms with van der Waals surface area (Å²) in [6.45, 7) is 3.23. The van der Waals surface area contributed by atoms with Crippen LogP contribution in [0.15, 0.2) is 54.6 Å². The highest BCUT2D eigenvalue weighted by Crippen LogP contribution is 2.19. The van der Waals surface area contributed by atoms with E-state index in [1.165, 1.54) is 0 Å². The van der Waals surface area contributed by atoms with Crippen LogP contribution in [0, 0.1) is 0 Å². The van der Waals surface area contributed by atoms with Crippen molar-refractivity contribution in [1.82, 2.24) is 15.1 Å². The van der Waals surface area contributed by atoms with E-state index < -0.39 is 12.1 Å². The molecule has 0 radical (unpaired) electrons. The van der Waals surface area contributed by atoms with Crippen LogP contribution in [0.4, 0.5) is 13.2 Å². The van der Waals surface area contributed by atoms with Gasteiger partial charge < -0.3 is 20.2 Å². The second-order valence-electron chi connectivity index (χ2n) is 7.05. The van der Waals surface area contributed by atoms with Crippen LogP contribution in [0.5, 0.6) is 0 Å². The molecular formula is C22H23ClF3N3O4. The summed E-state index contributed by atoms with van der Waals surface area (Å²) in [5.41, 5.74) is 1.39. The summed E-state index contributed by atoms with van der Waals surface area (Å²) < 4.78 is 31.7. The van der Waals surface area contributed by atoms with E-state index in [2.05, 4.69) is 5.32 Å². The van der Waals surface area contributed by atoms with Crippen LogP contribution in [0.2, 0.25) is 5.02 Å². The molecule has 0 bridgehead atoms. The van der Waals surface area contributed by atoms with Gasteiger partial charge >= 0.3 is 12.1 Å². The van der Waals surface area contributed by atoms with Gasteiger partial charge in [-0.2, -0.15) is 13.2 Å². The number of carbonyl (C=O) groups is 3. The number of carboxylic acids is 1. The van der Waals surface area contributed by atoms with Crippen LogP contribution in [-0.4, -0.2) is 71.6 Å². The standard InChI is InChI=1S/C20H22ClN3O2.C2HF3O2/c21-18-9-5-4-8-17(18)14-24(20(26)16-6-2-1-3-7-16)15-19(25)23-12-10-22-11-13-23;3-2(4,5)1(6)7/h1-9,22H,10-15H2;(H,6,7). The number of hydrogen-bond donors (Lipinski definition) is 2. The maximum atomic E-state index is 13.0. The topological polar surface area (TPSA) is 90.0 Å². The van der Waals surface area contributed by atoms with Crippen LogP contribution in [0.3, 0.4) is 0 Å². The molecule has 1 heterocycles. The van der Waals surface area contributed by atoms with Crippen LogP contribution >= 0.6 is 11.6 Å². The number of amides is 2. The summed E-state index contributed by atoms with van der Waals surface area (Å²) in [6.07, 6.45) is -5.08. The largest absolute Gasteiger partial charge is 0.490 e. The summed E-state index contributed by atoms with van der Waals surface area (Å²) >= 11 is 6.26. The smallest absolute Gasteiger partial charge is 0.475 e. The summed E-state index contributed by atoms with van der Waals surface area (Å²) in [5, 5.41) is 10.9. The molecule has 2 N–H and O–H groups in total. The number of benzene rings is 2. The first-order chi connectivity index (χ1) is 15.6. The second kappa shape index (κ2) is 12.2. The molecule has 1 fully saturated rings. The van der Waals surface area contributed by atoms with Crippen LogP contribution < -0.4 is 5.32 Å². The van der Waals surface area contributed by atoms with E-state index in [-0.39, 0.29) is 18.4 Å². The molecule has 0 spiro atoms. The Morgan fingerprint density at radius 1 is 1.00 bits per heavy atom. The Balaban J connectivity index is 0.000000479. The number of piperazine rings is 1. The molecule has 1 aliphatic rings. The molecule has 1 aliphatic heterocycles. The predicted octanol–water partition coefficient (Wildman–Crippen LogP) is 3.05. The molecule has 0 unspecified atom stereocenters. The Labute approximate surface area is 193 Å². The minimum Gasteiger partial charge on any atom is -0.475 e. The van der Waals surface area contributed by atoms with Crippen molar-refractivity contribution in [3.8, 4) is 0 Å². The fourth-order valence-corrected chi connectivity index (χ4v) is 3.17. The van der Waals surface area contributed by atoms with E-state index in [1.807, 2.05) is 36.4 Å². The fourth-order valence-electron chi connectivity index (χ4n) is 2.97. The maximum absolute atomic E-state index is 13.0. The van der Waals surface area contributed by atoms with E-state index in [0.29, 0.717) is 30.2 Å². The number of hydrogen-bond acceptors (Lipinski definition) is 4. The van der Waals surface area contributed by atoms with Crippen molar-refractivity contribution in [3.63, 3.8) is 0 Å². The van der Waals surface area contributed by atoms with Gasteiger partial charge in [0.15, 0.2) is 0 Å². The Hall–Kier alpha value is -3.11. The number of halogens is 4. The lowest BCUT2D eigenvalue weighted by Crippen LogP contribution is -2.50. The molecular weight excluding hydrogens is 463 g/mol. The molecule has 7 nitrogen and oxygen atoms in total. The van der Waals surface area contributed by atoms with Gasteiger partial charge in [-0.25, -0.2) is 4.79 Å². The summed E-state index contributed by atoms with van der Waals surface area (Å²) in [5.74, 6) is -2.97. The van der Waals surface area contributed by atoms with Crippen molar-refractivity contribution in [2.75, 3.05) is 32.7 Å². The van der Waals surface area contributed by atoms with Crippen molar-refractivity contribution in [2.45, 2.75) is 12.7 Å². The molecule has 0 atom stereocenters. The number of aliphatic carboxylic acids is 1. The molecule has 1 saturated heterocycles. The average Bonchev–Trinajstić information content (AvgIpc) is 2.80. The first kappa shape index (κ1) is 26.1. The molecule has 2 aromatic rings. The molecule has 11 heteroatoms. The predicted molar refractivity (Wildman–Crippen MR) is 116 cm³/mol. The van der Waals surface area contributed by atoms with Gasteiger partial charge in [0.05, 0.1) is 0 Å². The highest BCUT2D eigenvalue weighted by molar-refractivity contribution is 6.31. The first-order valence-electron chi connectivity index (χ1n) is 9.96. The van der Waals surface area contributed by atoms with E-state index in [1.54, 1.807) is 28.0 Å². The number of nitrogens with zero attached hydrogens (tertiary/aromatic N) is 2. The monoisotopic (exact) mass is 485 g/mol. The van der Waals surface area contributed by atoms with Crippen molar-refractivity contribution in [1.29, 1.82) is 0 Å². The second-order valence-corrected chi connectivity index (χ2v) is 7.46. The average molecular weight is 486 g/mol. The van der Waals surface area contributed by atoms with Gasteiger partial charge in [-0.15, -0.1) is 0 Å². The highest BCUT2D eigenvalue weighted by Gasteiger charge is 2.38. The van der Waals surface area contributed by atoms with Crippen molar-refractivity contribution < 1.29 is 32.7 Å². The minimum atomic E-state index is -5.08. The third-order valence-electron chi connectivity index (χ3n) is 4.67. The maximum Gasteiger partial charge on any atom is 0.490 e. The fraction of sp³-hybridized carbons (Fsp3) is 0.318. The van der Waals surface area contributed by atoms with Gasteiger partial charge in [0.2, 0.25) is 5.91 Å². The van der Waals surface area contributed by atoms with Gasteiger partial charge in [0, 0.05) is 43.3 Å². The van der Waals surface area contributed by atoms with Crippen LogP contribution in [0.25, 0.3) is 0 Å². The third-order valence-corrected chi connectivity index (χ3v) is 5.03. The van der Waals surface area contributed by atoms with Crippen molar-refractivity contribution in [3.05, 3.63) is 70.7 Å². The summed E-state index contributed by atoms with van der Waals surface area (Å²) in [7, 11) is 0. The zero-order chi connectivity index (χ0) is 24.4. The molecule has 0 aromatic heterocycles. The molecule has 0 aliphatic carbocycles. The number of alkyl halides is 3. The van der Waals surface area contributed by atoms with E-state index in [4.69, 9.17) is 21.5 Å². The van der Waals surface area contributed by atoms with E-state index >= 15 is 0 Å². The molecule has 2 aromatic carbocycles. The van der Waals surface area contributed by atoms with E-state index in [9.17, 15) is 22.8 Å². The summed E-state index contributed by atoms with van der Waals surface area (Å²) in [6, 6.07) is 16.4. The number of carboxylic acid groups (broad SMARTS) is 1. The first-order valence-corrected chi connectivity index (χ1v) is 10.3. The third kappa shape index (κ3) is 8.39. The quantitative estimate of drug-likeness (QED) is 0.679. The van der Waals surface area contributed by atoms with Gasteiger partial charge in [0.1, 0.15) is 6.54 Å². The minimum absolute atomic E-state index is 0.0390. The number of carbonyl (C=O) groups excluding carboxylic acids is 2. The normalized spacial score (nSPS) is 13.5. The lowest BCUT2D eigenvalue weighted by Gasteiger charge is -2.30. The number of nitrogens with one attached hydrogen (secondary N) is 1. The Bertz CT molecular complexity index is 951. The zero-order valence-corrected chi connectivity index (χ0v) is 18.3. The van der Waals surface area contributed by atoms with Gasteiger partial charge in [0.25, 0.3) is 5.91 Å². The van der Waals surface area contributed by atoms with Gasteiger partial charge in [-0.05, 0) is 23.8 Å². The zero-order valence-electron chi connectivity index (χ0n) is 17.5. The summed E-state index contributed by atoms with van der Waals surface area (Å²) in [4.78, 5) is 37.9. The lowest BCUT2D eigenvalue weighted by molar-refractivity contribution is -0.192. The Morgan fingerprint density at radius 3 is 2.09 bits per heavy atom. The lowest BCUT2D eigenvalue weighted by atomic mass is 10.1. The molecule has 3 rings (SSSR count). The van der Waals surface area contributed by atoms with Gasteiger partial charge in [-0.1, -0.05) is 48.0 Å². The van der Waals surface area contributed by atoms with Crippen molar-refractivity contribution >= 4 is 29.4 Å². The SMILES string of the molecule is O=C(CN(Cc1ccccc1Cl)C(=O)c1ccccc1)N1CCNCC1.O=C(O)C(F)(F)F. The molecule has 0 saturated carbocycles. The van der Waals surface area contributed by atoms with Crippen LogP contribution in [0.1, 0.15) is 15.9 Å². The van der Waals surface area contributed by atoms with Crippen molar-refractivity contribution in [2.24, 2.45) is 0 Å². The molecule has 178 valence electrons. The number of rotatable bonds is 5. The molecule has 2 amide bonds. The Morgan fingerprint density at radius 2 is 1.55 bits per heavy atom. The van der Waals surface area contributed by atoms with Gasteiger partial charge in [-0.3, -0.25) is 9.59 Å². The van der Waals surface area contributed by atoms with Crippen LogP contribution in [-0.2, 0) is 16.1 Å². The molecule has 33 heavy (non-hydrogen) atoms.